The van der Waals surface area contributed by atoms with E-state index in [-0.39, 0.29) is 36.9 Å². The van der Waals surface area contributed by atoms with Crippen molar-refractivity contribution in [2.45, 2.75) is 76.9 Å². The Bertz CT molecular complexity index is 2600. The van der Waals surface area contributed by atoms with Crippen LogP contribution in [0, 0.1) is 22.7 Å². The smallest absolute Gasteiger partial charge is 0.407 e. The highest BCUT2D eigenvalue weighted by atomic mass is 16.6. The fourth-order valence-electron chi connectivity index (χ4n) is 9.24. The first-order valence-corrected chi connectivity index (χ1v) is 24.7. The molecule has 0 radical (unpaired) electrons. The van der Waals surface area contributed by atoms with Gasteiger partial charge in [0.25, 0.3) is 0 Å². The molecule has 8 rings (SSSR count). The number of carbonyl (C=O) groups is 6. The molecule has 6 aromatic carbocycles. The predicted molar refractivity (Wildman–Crippen MR) is 279 cm³/mol. The minimum atomic E-state index is -0.808. The lowest BCUT2D eigenvalue weighted by Gasteiger charge is -2.23. The van der Waals surface area contributed by atoms with Crippen LogP contribution in [0.1, 0.15) is 72.2 Å². The molecule has 0 aromatic heterocycles. The third-order valence-corrected chi connectivity index (χ3v) is 13.9. The molecule has 4 N–H and O–H groups in total. The highest BCUT2D eigenvalue weighted by Crippen LogP contribution is 2.59. The van der Waals surface area contributed by atoms with Crippen LogP contribution in [-0.2, 0) is 64.2 Å². The third-order valence-electron chi connectivity index (χ3n) is 13.9. The molecule has 384 valence electrons. The fraction of sp³-hybridized carbons (Fsp3) is 0.300. The summed E-state index contributed by atoms with van der Waals surface area (Å²) in [6, 6.07) is 54.4. The maximum Gasteiger partial charge on any atom is 0.407 e. The lowest BCUT2D eigenvalue weighted by atomic mass is 9.94. The van der Waals surface area contributed by atoms with Crippen LogP contribution < -0.4 is 21.3 Å². The van der Waals surface area contributed by atoms with Gasteiger partial charge in [-0.05, 0) is 58.1 Å². The van der Waals surface area contributed by atoms with Crippen molar-refractivity contribution in [3.05, 3.63) is 215 Å². The summed E-state index contributed by atoms with van der Waals surface area (Å²) in [6.07, 6.45) is 0.652. The second kappa shape index (κ2) is 25.4. The lowest BCUT2D eigenvalue weighted by Crippen LogP contribution is -2.46. The standard InChI is InChI=1S/2C30H32N2O5/c2*1-30(28(34)31-25(27(33)36-2)18-21-12-6-3-7-13-21)19-24(30)26(23-16-10-5-11-17-23)32-29(35)37-20-22-14-8-4-9-15-22/h2*3-17,24-26H,18-20H2,1-2H3,(H,31,34)(H,32,35)/t2*24-,25-,26+,30+/m00/s1. The molecule has 0 heterocycles. The number of ether oxygens (including phenoxy) is 4. The van der Waals surface area contributed by atoms with E-state index in [9.17, 15) is 28.8 Å². The van der Waals surface area contributed by atoms with Crippen molar-refractivity contribution in [2.75, 3.05) is 14.2 Å². The Hall–Kier alpha value is -8.26. The van der Waals surface area contributed by atoms with Crippen LogP contribution in [0.4, 0.5) is 9.59 Å². The second-order valence-electron chi connectivity index (χ2n) is 19.1. The van der Waals surface area contributed by atoms with Gasteiger partial charge in [-0.3, -0.25) is 9.59 Å². The van der Waals surface area contributed by atoms with Gasteiger partial charge in [-0.2, -0.15) is 0 Å². The van der Waals surface area contributed by atoms with Gasteiger partial charge < -0.3 is 40.2 Å². The summed E-state index contributed by atoms with van der Waals surface area (Å²) in [6.45, 7) is 4.02. The molecule has 2 saturated carbocycles. The van der Waals surface area contributed by atoms with Gasteiger partial charge in [0.1, 0.15) is 25.3 Å². The van der Waals surface area contributed by atoms with E-state index in [1.165, 1.54) is 14.2 Å². The molecule has 0 saturated heterocycles. The van der Waals surface area contributed by atoms with Gasteiger partial charge in [-0.15, -0.1) is 0 Å². The van der Waals surface area contributed by atoms with Crippen LogP contribution in [0.15, 0.2) is 182 Å². The molecule has 2 aliphatic carbocycles. The van der Waals surface area contributed by atoms with Crippen molar-refractivity contribution >= 4 is 35.9 Å². The summed E-state index contributed by atoms with van der Waals surface area (Å²) in [5.41, 5.74) is 3.84. The van der Waals surface area contributed by atoms with Crippen molar-refractivity contribution in [3.63, 3.8) is 0 Å². The minimum Gasteiger partial charge on any atom is -0.467 e. The van der Waals surface area contributed by atoms with Crippen LogP contribution in [0.5, 0.6) is 0 Å². The van der Waals surface area contributed by atoms with E-state index >= 15 is 0 Å². The minimum absolute atomic E-state index is 0.150. The zero-order chi connectivity index (χ0) is 52.5. The molecular formula is C60H64N4O10. The Morgan fingerprint density at radius 3 is 1.01 bits per heavy atom. The van der Waals surface area contributed by atoms with E-state index in [0.29, 0.717) is 25.7 Å². The third kappa shape index (κ3) is 14.5. The van der Waals surface area contributed by atoms with Crippen molar-refractivity contribution in [3.8, 4) is 0 Å². The molecule has 14 heteroatoms. The quantitative estimate of drug-likeness (QED) is 0.0424. The van der Waals surface area contributed by atoms with Crippen molar-refractivity contribution in [1.82, 2.24) is 21.3 Å². The predicted octanol–water partition coefficient (Wildman–Crippen LogP) is 9.16. The highest BCUT2D eigenvalue weighted by molar-refractivity contribution is 5.91. The van der Waals surface area contributed by atoms with E-state index in [0.717, 1.165) is 33.4 Å². The summed E-state index contributed by atoms with van der Waals surface area (Å²) in [5, 5.41) is 11.7. The van der Waals surface area contributed by atoms with Crippen molar-refractivity contribution in [2.24, 2.45) is 22.7 Å². The maximum atomic E-state index is 13.4. The number of alkyl carbamates (subject to hydrolysis) is 2. The highest BCUT2D eigenvalue weighted by Gasteiger charge is 2.61. The topological polar surface area (TPSA) is 187 Å². The Balaban J connectivity index is 0.000000216. The second-order valence-corrected chi connectivity index (χ2v) is 19.1. The zero-order valence-electron chi connectivity index (χ0n) is 42.1. The molecular weight excluding hydrogens is 937 g/mol. The number of amides is 4. The first-order chi connectivity index (χ1) is 35.8. The van der Waals surface area contributed by atoms with E-state index in [1.807, 2.05) is 196 Å². The average molecular weight is 1000 g/mol. The summed E-state index contributed by atoms with van der Waals surface area (Å²) in [5.74, 6) is -1.84. The first kappa shape index (κ1) is 53.5. The molecule has 6 aromatic rings. The normalized spacial score (nSPS) is 19.7. The van der Waals surface area contributed by atoms with E-state index in [4.69, 9.17) is 18.9 Å². The molecule has 0 bridgehead atoms. The number of carbonyl (C=O) groups excluding carboxylic acids is 6. The van der Waals surface area contributed by atoms with Crippen LogP contribution in [-0.4, -0.2) is 62.2 Å². The molecule has 2 fully saturated rings. The van der Waals surface area contributed by atoms with Gasteiger partial charge in [0.05, 0.1) is 37.1 Å². The first-order valence-electron chi connectivity index (χ1n) is 24.7. The molecule has 14 nitrogen and oxygen atoms in total. The summed E-state index contributed by atoms with van der Waals surface area (Å²) in [4.78, 5) is 77.2. The summed E-state index contributed by atoms with van der Waals surface area (Å²) >= 11 is 0. The van der Waals surface area contributed by atoms with Crippen LogP contribution in [0.25, 0.3) is 0 Å². The number of benzene rings is 6. The van der Waals surface area contributed by atoms with E-state index in [1.54, 1.807) is 0 Å². The Kier molecular flexibility index (Phi) is 18.4. The van der Waals surface area contributed by atoms with Gasteiger partial charge in [0, 0.05) is 12.8 Å². The van der Waals surface area contributed by atoms with E-state index < -0.39 is 59.1 Å². The van der Waals surface area contributed by atoms with Crippen LogP contribution >= 0.6 is 0 Å². The number of rotatable bonds is 20. The fourth-order valence-corrected chi connectivity index (χ4v) is 9.24. The van der Waals surface area contributed by atoms with Crippen LogP contribution in [0.2, 0.25) is 0 Å². The number of hydrogen-bond donors (Lipinski definition) is 4. The number of hydrogen-bond acceptors (Lipinski definition) is 10. The number of esters is 2. The Morgan fingerprint density at radius 1 is 0.432 bits per heavy atom. The summed E-state index contributed by atoms with van der Waals surface area (Å²) < 4.78 is 20.8. The molecule has 8 atom stereocenters. The van der Waals surface area contributed by atoms with Gasteiger partial charge in [-0.25, -0.2) is 19.2 Å². The molecule has 4 amide bonds. The van der Waals surface area contributed by atoms with Gasteiger partial charge >= 0.3 is 24.1 Å². The molecule has 0 aliphatic heterocycles. The molecule has 2 aliphatic rings. The zero-order valence-corrected chi connectivity index (χ0v) is 42.1. The van der Waals surface area contributed by atoms with Gasteiger partial charge in [0.15, 0.2) is 0 Å². The SMILES string of the molecule is COC(=O)[C@H](Cc1ccccc1)NC(=O)[C@]1(C)C[C@H]1[C@H](NC(=O)OCc1ccccc1)c1ccccc1.COC(=O)[C@H](Cc1ccccc1)NC(=O)[C@]1(C)C[C@H]1[C@H](NC(=O)OCc1ccccc1)c1ccccc1. The molecule has 0 unspecified atom stereocenters. The van der Waals surface area contributed by atoms with Gasteiger partial charge in [0.2, 0.25) is 11.8 Å². The molecule has 0 spiro atoms. The molecule has 74 heavy (non-hydrogen) atoms. The maximum absolute atomic E-state index is 13.4. The Morgan fingerprint density at radius 2 is 0.716 bits per heavy atom. The number of methoxy groups -OCH3 is 2. The van der Waals surface area contributed by atoms with E-state index in [2.05, 4.69) is 21.3 Å². The monoisotopic (exact) mass is 1000 g/mol. The van der Waals surface area contributed by atoms with Crippen molar-refractivity contribution < 1.29 is 47.7 Å². The van der Waals surface area contributed by atoms with Crippen molar-refractivity contribution in [1.29, 1.82) is 0 Å². The summed E-state index contributed by atoms with van der Waals surface area (Å²) in [7, 11) is 2.62. The van der Waals surface area contributed by atoms with Crippen LogP contribution in [0.3, 0.4) is 0 Å². The number of nitrogens with one attached hydrogen (secondary N) is 4. The largest absolute Gasteiger partial charge is 0.467 e. The van der Waals surface area contributed by atoms with Gasteiger partial charge in [-0.1, -0.05) is 196 Å². The average Bonchev–Trinajstić information content (AvgIpc) is 4.35. The Labute approximate surface area is 432 Å². The lowest BCUT2D eigenvalue weighted by molar-refractivity contribution is -0.146.